The summed E-state index contributed by atoms with van der Waals surface area (Å²) in [7, 11) is -20.8. The van der Waals surface area contributed by atoms with Gasteiger partial charge in [0.2, 0.25) is 0 Å². The van der Waals surface area contributed by atoms with Gasteiger partial charge < -0.3 is 28.4 Å². The Kier molecular flexibility index (Phi) is 13.4. The van der Waals surface area contributed by atoms with E-state index in [-0.39, 0.29) is 78.4 Å². The first-order chi connectivity index (χ1) is 26.1. The monoisotopic (exact) mass is 964 g/mol. The van der Waals surface area contributed by atoms with Crippen molar-refractivity contribution < 1.29 is 96.2 Å². The molecule has 0 aliphatic carbocycles. The van der Waals surface area contributed by atoms with Crippen LogP contribution in [-0.4, -0.2) is 72.1 Å². The Morgan fingerprint density at radius 3 is 1.16 bits per heavy atom. The Morgan fingerprint density at radius 1 is 0.483 bits per heavy atom. The molecule has 0 saturated carbocycles. The van der Waals surface area contributed by atoms with E-state index in [0.717, 1.165) is 60.7 Å². The summed E-state index contributed by atoms with van der Waals surface area (Å²) in [5, 5.41) is 35.7. The summed E-state index contributed by atoms with van der Waals surface area (Å²) >= 11 is 0. The van der Waals surface area contributed by atoms with Gasteiger partial charge in [-0.25, -0.2) is 33.7 Å². The summed E-state index contributed by atoms with van der Waals surface area (Å²) in [6.45, 7) is 0. The molecule has 4 aromatic carbocycles. The number of benzene rings is 4. The molecule has 6 rings (SSSR count). The van der Waals surface area contributed by atoms with E-state index in [1.807, 2.05) is 0 Å². The molecule has 0 unspecified atom stereocenters. The van der Waals surface area contributed by atoms with Crippen LogP contribution in [0.4, 0.5) is 22.7 Å². The van der Waals surface area contributed by atoms with Crippen molar-refractivity contribution in [2.75, 3.05) is 0 Å². The number of phenolic OH excluding ortho intramolecular Hbond substituents is 2. The summed E-state index contributed by atoms with van der Waals surface area (Å²) in [6, 6.07) is 12.4. The van der Waals surface area contributed by atoms with Crippen molar-refractivity contribution in [2.45, 2.75) is 19.6 Å². The third kappa shape index (κ3) is 9.78. The zero-order valence-corrected chi connectivity index (χ0v) is 33.1. The molecule has 0 atom stereocenters. The van der Waals surface area contributed by atoms with Gasteiger partial charge in [-0.15, -0.1) is 10.2 Å². The van der Waals surface area contributed by atoms with Gasteiger partial charge in [0.25, 0.3) is 0 Å². The van der Waals surface area contributed by atoms with Gasteiger partial charge in [-0.2, -0.15) is 10.2 Å². The van der Waals surface area contributed by atoms with Crippen molar-refractivity contribution in [3.8, 4) is 11.5 Å². The molecule has 20 nitrogen and oxygen atoms in total. The van der Waals surface area contributed by atoms with E-state index >= 15 is 0 Å². The molecule has 26 heteroatoms. The first-order valence-electron chi connectivity index (χ1n) is 15.0. The molecule has 2 aromatic heterocycles. The Balaban J connectivity index is 0.00000372. The van der Waals surface area contributed by atoms with Crippen molar-refractivity contribution in [2.24, 2.45) is 20.5 Å². The second-order valence-electron chi connectivity index (χ2n) is 11.3. The molecule has 0 amide bonds. The van der Waals surface area contributed by atoms with E-state index in [9.17, 15) is 62.1 Å². The topological polar surface area (TPSA) is 344 Å². The fraction of sp³-hybridized carbons (Fsp3) is 0. The van der Waals surface area contributed by atoms with Crippen LogP contribution < -0.4 is 0 Å². The van der Waals surface area contributed by atoms with Gasteiger partial charge in [-0.05, 0) is 71.8 Å². The van der Waals surface area contributed by atoms with Gasteiger partial charge in [0, 0.05) is 23.2 Å². The maximum absolute atomic E-state index is 12.2. The molecule has 0 bridgehead atoms. The summed E-state index contributed by atoms with van der Waals surface area (Å²) in [6.07, 6.45) is 4.38. The smallest absolute Gasteiger partial charge is 0.744 e. The second-order valence-corrected chi connectivity index (χ2v) is 16.7. The van der Waals surface area contributed by atoms with Gasteiger partial charge in [0.1, 0.15) is 62.9 Å². The second kappa shape index (κ2) is 17.0. The van der Waals surface area contributed by atoms with Crippen molar-refractivity contribution in [3.05, 3.63) is 96.3 Å². The minimum Gasteiger partial charge on any atom is -0.744 e. The first kappa shape index (κ1) is 45.6. The number of phenols is 2. The fourth-order valence-electron chi connectivity index (χ4n) is 5.22. The molecule has 2 radical (unpaired) electrons. The Morgan fingerprint density at radius 2 is 0.828 bits per heavy atom. The number of rotatable bonds is 10. The van der Waals surface area contributed by atoms with E-state index in [0.29, 0.717) is 0 Å². The number of aromatic nitrogens is 2. The van der Waals surface area contributed by atoms with E-state index in [2.05, 4.69) is 30.4 Å². The van der Waals surface area contributed by atoms with Crippen molar-refractivity contribution in [1.82, 2.24) is 9.97 Å². The number of azo groups is 2. The largest absolute Gasteiger partial charge is 2.00 e. The number of nitrogens with zero attached hydrogens (tertiary/aromatic N) is 6. The van der Waals surface area contributed by atoms with Crippen LogP contribution in [0.25, 0.3) is 34.0 Å². The number of hydrogen-bond donors (Lipinski definition) is 2. The maximum Gasteiger partial charge on any atom is 2.00 e. The summed E-state index contributed by atoms with van der Waals surface area (Å²) in [4.78, 5) is 4.35. The van der Waals surface area contributed by atoms with Crippen LogP contribution >= 0.6 is 0 Å². The number of pyridine rings is 2. The van der Waals surface area contributed by atoms with Gasteiger partial charge >= 0.3 is 34.1 Å². The van der Waals surface area contributed by atoms with E-state index < -0.39 is 82.9 Å². The normalized spacial score (nSPS) is 12.7. The molecule has 2 heterocycles. The molecule has 0 aliphatic rings. The van der Waals surface area contributed by atoms with Crippen LogP contribution in [0, 0.1) is 0 Å². The average molecular weight is 966 g/mol. The standard InChI is InChI=1S/C32H22N6O14S4.2Cu/c39-31-23(15-27(55(47,48)49)21-3-1-11-33-29(21)31)37-35-19-9-7-17(25(13-19)53(41,42)43)5-6-18-8-10-20(14-26(18)54(44,45)46)36-38-24-16-28(56(50,51)52)22-4-2-12-34-30(22)32(24)40;;/h1-16,39-40H,(H,41,42,43)(H,44,45,46)(H,47,48,49)(H,50,51,52);;/q;2*+2/p-4/b6-5+,37-35?,38-36?;;. The SMILES string of the molecule is O=S(=O)([O-])c1cc(N=Nc2cc(S(=O)(=O)[O-])c3cccnc3c2O)ccc1/C=C/c1ccc(N=Nc2cc(S(=O)(=O)[O-])c3cccnc3c2O)cc1S(=O)(=O)[O-].[Cu+2].[Cu+2]. The molecule has 0 fully saturated rings. The van der Waals surface area contributed by atoms with Crippen LogP contribution in [0.2, 0.25) is 0 Å². The Bertz CT molecular complexity index is 2970. The fourth-order valence-corrected chi connectivity index (χ4v) is 7.98. The van der Waals surface area contributed by atoms with Crippen LogP contribution in [0.15, 0.2) is 125 Å². The third-order valence-corrected chi connectivity index (χ3v) is 11.2. The molecule has 306 valence electrons. The van der Waals surface area contributed by atoms with Crippen molar-refractivity contribution in [3.63, 3.8) is 0 Å². The van der Waals surface area contributed by atoms with Gasteiger partial charge in [0.15, 0.2) is 11.5 Å². The van der Waals surface area contributed by atoms with E-state index in [4.69, 9.17) is 0 Å². The minimum atomic E-state index is -5.29. The minimum absolute atomic E-state index is 0. The van der Waals surface area contributed by atoms with Crippen molar-refractivity contribution >= 4 is 97.2 Å². The molecular formula is C32H18Cu2N6O14S4. The van der Waals surface area contributed by atoms with Crippen molar-refractivity contribution in [1.29, 1.82) is 0 Å². The Hall–Kier alpha value is -5.08. The number of aromatic hydroxyl groups is 2. The molecule has 2 N–H and O–H groups in total. The number of fused-ring (bicyclic) bond motifs is 2. The number of hydrogen-bond acceptors (Lipinski definition) is 20. The summed E-state index contributed by atoms with van der Waals surface area (Å²) in [5.74, 6) is -1.34. The molecule has 0 spiro atoms. The third-order valence-electron chi connectivity index (χ3n) is 7.68. The zero-order chi connectivity index (χ0) is 40.8. The Labute approximate surface area is 349 Å². The van der Waals surface area contributed by atoms with Gasteiger partial charge in [0.05, 0.1) is 31.0 Å². The molecular weight excluding hydrogens is 948 g/mol. The van der Waals surface area contributed by atoms with Gasteiger partial charge in [-0.3, -0.25) is 9.97 Å². The van der Waals surface area contributed by atoms with Crippen LogP contribution in [0.5, 0.6) is 11.5 Å². The van der Waals surface area contributed by atoms with Gasteiger partial charge in [-0.1, -0.05) is 24.3 Å². The van der Waals surface area contributed by atoms with E-state index in [1.165, 1.54) is 36.7 Å². The quantitative estimate of drug-likeness (QED) is 0.0805. The zero-order valence-electron chi connectivity index (χ0n) is 28.0. The maximum atomic E-state index is 12.2. The molecule has 58 heavy (non-hydrogen) atoms. The predicted molar refractivity (Wildman–Crippen MR) is 189 cm³/mol. The van der Waals surface area contributed by atoms with Crippen LogP contribution in [0.1, 0.15) is 11.1 Å². The molecule has 6 aromatic rings. The first-order valence-corrected chi connectivity index (χ1v) is 20.6. The molecule has 0 aliphatic heterocycles. The summed E-state index contributed by atoms with van der Waals surface area (Å²) < 4.78 is 145. The van der Waals surface area contributed by atoms with E-state index in [1.54, 1.807) is 0 Å². The predicted octanol–water partition coefficient (Wildman–Crippen LogP) is 4.81. The van der Waals surface area contributed by atoms with Crippen LogP contribution in [-0.2, 0) is 74.6 Å². The molecule has 0 saturated heterocycles. The average Bonchev–Trinajstić information content (AvgIpc) is 3.12. The van der Waals surface area contributed by atoms with Crippen LogP contribution in [0.3, 0.4) is 0 Å². The summed E-state index contributed by atoms with van der Waals surface area (Å²) in [5.41, 5.74) is -2.94.